The van der Waals surface area contributed by atoms with E-state index in [9.17, 15) is 9.59 Å². The molecule has 8 nitrogen and oxygen atoms in total. The Morgan fingerprint density at radius 2 is 2.19 bits per heavy atom. The standard InChI is InChI=1S/C18H20N4O4/c1-10-13-6-5-12(25-4)7-15(13)26-18(24)14(10)8-16(23)20-11(2)17-21-19-9-22(17)3/h5-7,9,11H,8H2,1-4H3,(H,20,23). The summed E-state index contributed by atoms with van der Waals surface area (Å²) in [6, 6.07) is 4.93. The van der Waals surface area contributed by atoms with Gasteiger partial charge < -0.3 is 19.0 Å². The number of carbonyl (C=O) groups is 1. The average Bonchev–Trinajstić information content (AvgIpc) is 3.04. The summed E-state index contributed by atoms with van der Waals surface area (Å²) in [7, 11) is 3.34. The number of hydrogen-bond donors (Lipinski definition) is 1. The van der Waals surface area contributed by atoms with E-state index in [1.807, 2.05) is 13.0 Å². The van der Waals surface area contributed by atoms with Crippen LogP contribution in [0.15, 0.2) is 33.7 Å². The van der Waals surface area contributed by atoms with Crippen molar-refractivity contribution < 1.29 is 13.9 Å². The van der Waals surface area contributed by atoms with Gasteiger partial charge in [-0.3, -0.25) is 4.79 Å². The van der Waals surface area contributed by atoms with Crippen LogP contribution in [0.25, 0.3) is 11.0 Å². The summed E-state index contributed by atoms with van der Waals surface area (Å²) in [5.41, 5.74) is 0.971. The molecule has 1 N–H and O–H groups in total. The molecule has 2 aromatic heterocycles. The molecule has 0 aliphatic carbocycles. The summed E-state index contributed by atoms with van der Waals surface area (Å²) in [5.74, 6) is 0.944. The fraction of sp³-hybridized carbons (Fsp3) is 0.333. The summed E-state index contributed by atoms with van der Waals surface area (Å²) < 4.78 is 12.2. The van der Waals surface area contributed by atoms with Crippen molar-refractivity contribution in [2.24, 2.45) is 7.05 Å². The molecule has 3 rings (SSSR count). The Hall–Kier alpha value is -3.16. The number of rotatable bonds is 5. The predicted octanol–water partition coefficient (Wildman–Crippen LogP) is 1.66. The van der Waals surface area contributed by atoms with Crippen molar-refractivity contribution in [3.63, 3.8) is 0 Å². The first kappa shape index (κ1) is 17.7. The minimum atomic E-state index is -0.523. The maximum Gasteiger partial charge on any atom is 0.340 e. The number of fused-ring (bicyclic) bond motifs is 1. The molecule has 0 aliphatic heterocycles. The maximum atomic E-state index is 12.4. The highest BCUT2D eigenvalue weighted by Gasteiger charge is 2.18. The molecule has 1 aromatic carbocycles. The van der Waals surface area contributed by atoms with E-state index in [-0.39, 0.29) is 18.4 Å². The fourth-order valence-corrected chi connectivity index (χ4v) is 2.91. The van der Waals surface area contributed by atoms with Gasteiger partial charge in [0.05, 0.1) is 25.1 Å². The Labute approximate surface area is 149 Å². The number of aromatic nitrogens is 3. The Balaban J connectivity index is 1.85. The Kier molecular flexibility index (Phi) is 4.75. The Morgan fingerprint density at radius 1 is 1.42 bits per heavy atom. The smallest absolute Gasteiger partial charge is 0.340 e. The number of amides is 1. The van der Waals surface area contributed by atoms with E-state index in [0.717, 1.165) is 10.9 Å². The van der Waals surface area contributed by atoms with Crippen LogP contribution in [-0.4, -0.2) is 27.8 Å². The van der Waals surface area contributed by atoms with E-state index < -0.39 is 5.63 Å². The lowest BCUT2D eigenvalue weighted by atomic mass is 10.0. The second-order valence-corrected chi connectivity index (χ2v) is 6.12. The molecule has 1 atom stereocenters. The van der Waals surface area contributed by atoms with Gasteiger partial charge in [-0.05, 0) is 31.5 Å². The van der Waals surface area contributed by atoms with Gasteiger partial charge >= 0.3 is 5.63 Å². The molecule has 0 saturated carbocycles. The second kappa shape index (κ2) is 6.99. The van der Waals surface area contributed by atoms with E-state index in [1.165, 1.54) is 0 Å². The van der Waals surface area contributed by atoms with Crippen LogP contribution in [0.1, 0.15) is 29.9 Å². The van der Waals surface area contributed by atoms with Crippen LogP contribution in [0.3, 0.4) is 0 Å². The molecule has 136 valence electrons. The molecule has 3 aromatic rings. The maximum absolute atomic E-state index is 12.4. The van der Waals surface area contributed by atoms with Gasteiger partial charge in [0, 0.05) is 18.5 Å². The summed E-state index contributed by atoms with van der Waals surface area (Å²) in [6.45, 7) is 3.62. The Bertz CT molecular complexity index is 1020. The van der Waals surface area contributed by atoms with Crippen LogP contribution in [0, 0.1) is 6.92 Å². The van der Waals surface area contributed by atoms with Gasteiger partial charge in [-0.25, -0.2) is 4.79 Å². The van der Waals surface area contributed by atoms with Crippen LogP contribution in [-0.2, 0) is 18.3 Å². The van der Waals surface area contributed by atoms with Crippen molar-refractivity contribution in [3.8, 4) is 5.75 Å². The third-order valence-corrected chi connectivity index (χ3v) is 4.34. The van der Waals surface area contributed by atoms with Gasteiger partial charge in [-0.1, -0.05) is 0 Å². The number of aryl methyl sites for hydroxylation is 2. The van der Waals surface area contributed by atoms with E-state index in [2.05, 4.69) is 15.5 Å². The fourth-order valence-electron chi connectivity index (χ4n) is 2.91. The summed E-state index contributed by atoms with van der Waals surface area (Å²) >= 11 is 0. The predicted molar refractivity (Wildman–Crippen MR) is 95.0 cm³/mol. The van der Waals surface area contributed by atoms with Crippen LogP contribution >= 0.6 is 0 Å². The van der Waals surface area contributed by atoms with Gasteiger partial charge in [0.15, 0.2) is 5.82 Å². The monoisotopic (exact) mass is 356 g/mol. The van der Waals surface area contributed by atoms with Gasteiger partial charge in [0.1, 0.15) is 17.7 Å². The highest BCUT2D eigenvalue weighted by Crippen LogP contribution is 2.24. The molecular weight excluding hydrogens is 336 g/mol. The number of nitrogens with one attached hydrogen (secondary N) is 1. The van der Waals surface area contributed by atoms with Crippen molar-refractivity contribution in [2.75, 3.05) is 7.11 Å². The highest BCUT2D eigenvalue weighted by molar-refractivity contribution is 5.85. The highest BCUT2D eigenvalue weighted by atomic mass is 16.5. The SMILES string of the molecule is COc1ccc2c(C)c(CC(=O)NC(C)c3nncn3C)c(=O)oc2c1. The van der Waals surface area contributed by atoms with Crippen LogP contribution in [0.2, 0.25) is 0 Å². The average molecular weight is 356 g/mol. The minimum absolute atomic E-state index is 0.0711. The molecule has 26 heavy (non-hydrogen) atoms. The zero-order valence-electron chi connectivity index (χ0n) is 15.1. The molecule has 8 heteroatoms. The molecule has 0 bridgehead atoms. The summed E-state index contributed by atoms with van der Waals surface area (Å²) in [6.07, 6.45) is 1.49. The van der Waals surface area contributed by atoms with Gasteiger partial charge in [0.25, 0.3) is 0 Å². The molecule has 0 radical (unpaired) electrons. The first-order valence-electron chi connectivity index (χ1n) is 8.14. The van der Waals surface area contributed by atoms with Crippen molar-refractivity contribution in [2.45, 2.75) is 26.3 Å². The van der Waals surface area contributed by atoms with Crippen molar-refractivity contribution in [3.05, 3.63) is 51.9 Å². The Morgan fingerprint density at radius 3 is 2.85 bits per heavy atom. The van der Waals surface area contributed by atoms with Crippen LogP contribution in [0.4, 0.5) is 0 Å². The third kappa shape index (κ3) is 3.30. The lowest BCUT2D eigenvalue weighted by Crippen LogP contribution is -2.31. The zero-order valence-corrected chi connectivity index (χ0v) is 15.1. The molecular formula is C18H20N4O4. The lowest BCUT2D eigenvalue weighted by molar-refractivity contribution is -0.121. The van der Waals surface area contributed by atoms with Crippen LogP contribution < -0.4 is 15.7 Å². The van der Waals surface area contributed by atoms with Gasteiger partial charge in [-0.15, -0.1) is 10.2 Å². The number of nitrogens with zero attached hydrogens (tertiary/aromatic N) is 3. The number of hydrogen-bond acceptors (Lipinski definition) is 6. The van der Waals surface area contributed by atoms with E-state index in [1.54, 1.807) is 44.1 Å². The molecule has 0 aliphatic rings. The molecule has 1 unspecified atom stereocenters. The summed E-state index contributed by atoms with van der Waals surface area (Å²) in [5, 5.41) is 11.4. The van der Waals surface area contributed by atoms with Crippen molar-refractivity contribution >= 4 is 16.9 Å². The van der Waals surface area contributed by atoms with Crippen molar-refractivity contribution in [1.29, 1.82) is 0 Å². The number of ether oxygens (including phenoxy) is 1. The van der Waals surface area contributed by atoms with E-state index >= 15 is 0 Å². The topological polar surface area (TPSA) is 99.2 Å². The first-order chi connectivity index (χ1) is 12.4. The van der Waals surface area contributed by atoms with Gasteiger partial charge in [0.2, 0.25) is 5.91 Å². The number of benzene rings is 1. The number of carbonyl (C=O) groups excluding carboxylic acids is 1. The van der Waals surface area contributed by atoms with Gasteiger partial charge in [-0.2, -0.15) is 0 Å². The molecule has 0 saturated heterocycles. The lowest BCUT2D eigenvalue weighted by Gasteiger charge is -2.14. The van der Waals surface area contributed by atoms with E-state index in [0.29, 0.717) is 22.7 Å². The molecule has 0 spiro atoms. The third-order valence-electron chi connectivity index (χ3n) is 4.34. The first-order valence-corrected chi connectivity index (χ1v) is 8.14. The second-order valence-electron chi connectivity index (χ2n) is 6.12. The van der Waals surface area contributed by atoms with Crippen molar-refractivity contribution in [1.82, 2.24) is 20.1 Å². The molecule has 1 amide bonds. The van der Waals surface area contributed by atoms with E-state index in [4.69, 9.17) is 9.15 Å². The number of methoxy groups -OCH3 is 1. The van der Waals surface area contributed by atoms with Crippen LogP contribution in [0.5, 0.6) is 5.75 Å². The molecule has 0 fully saturated rings. The molecule has 2 heterocycles. The largest absolute Gasteiger partial charge is 0.497 e. The summed E-state index contributed by atoms with van der Waals surface area (Å²) in [4.78, 5) is 24.7. The minimum Gasteiger partial charge on any atom is -0.497 e. The zero-order chi connectivity index (χ0) is 18.8. The normalized spacial score (nSPS) is 12.2. The quantitative estimate of drug-likeness (QED) is 0.698.